The summed E-state index contributed by atoms with van der Waals surface area (Å²) in [5, 5.41) is 7.47. The number of piperidine rings is 1. The molecule has 2 aromatic rings. The monoisotopic (exact) mass is 695 g/mol. The Kier molecular flexibility index (Phi) is 17.0. The Labute approximate surface area is 296 Å². The normalized spacial score (nSPS) is 15.9. The second kappa shape index (κ2) is 21.1. The number of hydrogen-bond donors (Lipinski definition) is 4. The molecule has 8 N–H and O–H groups in total. The number of oxime groups is 2. The molecule has 1 aliphatic rings. The topological polar surface area (TPSA) is 203 Å². The first-order chi connectivity index (χ1) is 23.9. The molecule has 0 aliphatic carbocycles. The van der Waals surface area contributed by atoms with E-state index in [9.17, 15) is 9.59 Å². The van der Waals surface area contributed by atoms with Crippen LogP contribution in [-0.4, -0.2) is 73.4 Å². The van der Waals surface area contributed by atoms with Gasteiger partial charge in [-0.3, -0.25) is 0 Å². The maximum absolute atomic E-state index is 12.0. The molecule has 0 aromatic heterocycles. The first kappa shape index (κ1) is 40.2. The van der Waals surface area contributed by atoms with Gasteiger partial charge in [0, 0.05) is 17.7 Å². The molecule has 0 spiro atoms. The summed E-state index contributed by atoms with van der Waals surface area (Å²) in [4.78, 5) is 36.2. The van der Waals surface area contributed by atoms with Crippen LogP contribution < -0.4 is 32.4 Å². The fourth-order valence-electron chi connectivity index (χ4n) is 5.62. The van der Waals surface area contributed by atoms with E-state index in [0.29, 0.717) is 43.1 Å². The maximum Gasteiger partial charge on any atom is 0.351 e. The fourth-order valence-corrected chi connectivity index (χ4v) is 5.62. The van der Waals surface area contributed by atoms with Crippen LogP contribution in [0, 0.1) is 17.8 Å². The van der Waals surface area contributed by atoms with Crippen LogP contribution in [0.15, 0.2) is 58.8 Å². The number of nitrogens with two attached hydrogens (primary N) is 4. The molecule has 0 unspecified atom stereocenters. The van der Waals surface area contributed by atoms with Gasteiger partial charge < -0.3 is 47.0 Å². The van der Waals surface area contributed by atoms with Crippen molar-refractivity contribution in [3.05, 3.63) is 59.7 Å². The Morgan fingerprint density at radius 3 is 1.56 bits per heavy atom. The summed E-state index contributed by atoms with van der Waals surface area (Å²) in [6, 6.07) is 13.0. The molecule has 1 saturated heterocycles. The van der Waals surface area contributed by atoms with Crippen molar-refractivity contribution in [2.75, 3.05) is 32.8 Å². The standard InChI is InChI=1S/C37H57N7O6/c1-25(2)23-32(38)36(45)49-42-34(40)28-8-12-30(13-9-28)47-21-5-7-27-16-19-44(20-17-27)18-6-22-48-31-14-10-29(11-15-31)35(41)43-50-37(46)33(39)24-26(3)4/h8-15,25-27,32-33H,5-7,16-24,38-39H2,1-4H3,(H2,40,42)(H2,41,43)/t32-,33-/m0/s1. The molecule has 0 radical (unpaired) electrons. The van der Waals surface area contributed by atoms with Crippen molar-refractivity contribution in [3.8, 4) is 11.5 Å². The summed E-state index contributed by atoms with van der Waals surface area (Å²) in [5.41, 5.74) is 24.8. The summed E-state index contributed by atoms with van der Waals surface area (Å²) in [6.07, 6.45) is 6.46. The fraction of sp³-hybridized carbons (Fsp3) is 0.568. The van der Waals surface area contributed by atoms with E-state index >= 15 is 0 Å². The van der Waals surface area contributed by atoms with Crippen LogP contribution in [0.2, 0.25) is 0 Å². The number of benzene rings is 2. The van der Waals surface area contributed by atoms with Crippen molar-refractivity contribution in [3.63, 3.8) is 0 Å². The summed E-state index contributed by atoms with van der Waals surface area (Å²) < 4.78 is 11.9. The summed E-state index contributed by atoms with van der Waals surface area (Å²) in [5.74, 6) is 1.75. The molecule has 2 aromatic carbocycles. The number of rotatable bonds is 20. The van der Waals surface area contributed by atoms with Crippen molar-refractivity contribution in [1.82, 2.24) is 4.90 Å². The molecule has 13 nitrogen and oxygen atoms in total. The van der Waals surface area contributed by atoms with E-state index in [2.05, 4.69) is 15.2 Å². The lowest BCUT2D eigenvalue weighted by Crippen LogP contribution is -2.35. The van der Waals surface area contributed by atoms with Gasteiger partial charge >= 0.3 is 11.9 Å². The smallest absolute Gasteiger partial charge is 0.351 e. The number of hydrogen-bond acceptors (Lipinski definition) is 11. The SMILES string of the molecule is CC(C)C[C@H](N)C(=O)O/N=C(\N)c1ccc(OCCCC2CCN(CCCOc3ccc(/C(N)=N/OC(=O)[C@@H](N)CC(C)C)cc3)CC2)cc1. The van der Waals surface area contributed by atoms with E-state index in [1.807, 2.05) is 52.0 Å². The maximum atomic E-state index is 12.0. The largest absolute Gasteiger partial charge is 0.494 e. The highest BCUT2D eigenvalue weighted by atomic mass is 16.7. The van der Waals surface area contributed by atoms with Crippen LogP contribution in [0.1, 0.15) is 83.8 Å². The van der Waals surface area contributed by atoms with Gasteiger partial charge in [0.05, 0.1) is 13.2 Å². The van der Waals surface area contributed by atoms with E-state index in [0.717, 1.165) is 50.4 Å². The van der Waals surface area contributed by atoms with Gasteiger partial charge in [-0.15, -0.1) is 0 Å². The third kappa shape index (κ3) is 14.7. The van der Waals surface area contributed by atoms with Gasteiger partial charge in [-0.05, 0) is 124 Å². The zero-order valence-corrected chi connectivity index (χ0v) is 30.1. The van der Waals surface area contributed by atoms with E-state index < -0.39 is 24.0 Å². The molecule has 0 saturated carbocycles. The first-order valence-electron chi connectivity index (χ1n) is 17.7. The molecule has 276 valence electrons. The minimum absolute atomic E-state index is 0.0991. The molecule has 1 heterocycles. The lowest BCUT2D eigenvalue weighted by atomic mass is 9.92. The third-order valence-electron chi connectivity index (χ3n) is 8.44. The number of ether oxygens (including phenoxy) is 2. The molecular weight excluding hydrogens is 638 g/mol. The van der Waals surface area contributed by atoms with Gasteiger partial charge in [0.1, 0.15) is 23.6 Å². The van der Waals surface area contributed by atoms with Gasteiger partial charge in [0.15, 0.2) is 11.7 Å². The average molecular weight is 696 g/mol. The Morgan fingerprint density at radius 1 is 0.720 bits per heavy atom. The van der Waals surface area contributed by atoms with Gasteiger partial charge in [-0.1, -0.05) is 38.0 Å². The van der Waals surface area contributed by atoms with E-state index in [-0.39, 0.29) is 23.5 Å². The minimum Gasteiger partial charge on any atom is -0.494 e. The van der Waals surface area contributed by atoms with Crippen molar-refractivity contribution in [2.45, 2.75) is 84.7 Å². The second-order valence-electron chi connectivity index (χ2n) is 13.8. The van der Waals surface area contributed by atoms with Gasteiger partial charge in [0.2, 0.25) is 0 Å². The van der Waals surface area contributed by atoms with Crippen molar-refractivity contribution in [1.29, 1.82) is 0 Å². The highest BCUT2D eigenvalue weighted by molar-refractivity contribution is 5.98. The summed E-state index contributed by atoms with van der Waals surface area (Å²) >= 11 is 0. The number of likely N-dealkylation sites (tertiary alicyclic amines) is 1. The van der Waals surface area contributed by atoms with E-state index in [4.69, 9.17) is 42.1 Å². The van der Waals surface area contributed by atoms with Crippen LogP contribution in [0.25, 0.3) is 0 Å². The molecule has 50 heavy (non-hydrogen) atoms. The predicted molar refractivity (Wildman–Crippen MR) is 195 cm³/mol. The van der Waals surface area contributed by atoms with Gasteiger partial charge in [0.25, 0.3) is 0 Å². The number of nitrogens with zero attached hydrogens (tertiary/aromatic N) is 3. The van der Waals surface area contributed by atoms with Crippen LogP contribution in [0.4, 0.5) is 0 Å². The molecule has 3 rings (SSSR count). The molecule has 13 heteroatoms. The van der Waals surface area contributed by atoms with Crippen molar-refractivity contribution < 1.29 is 28.7 Å². The minimum atomic E-state index is -0.729. The van der Waals surface area contributed by atoms with Crippen molar-refractivity contribution >= 4 is 23.6 Å². The summed E-state index contributed by atoms with van der Waals surface area (Å²) in [7, 11) is 0. The quantitative estimate of drug-likeness (QED) is 0.0511. The Balaban J connectivity index is 1.25. The molecule has 0 bridgehead atoms. The van der Waals surface area contributed by atoms with Crippen LogP contribution in [-0.2, 0) is 19.3 Å². The Hall–Kier alpha value is -4.20. The van der Waals surface area contributed by atoms with Gasteiger partial charge in [-0.2, -0.15) is 0 Å². The number of carbonyl (C=O) groups is 2. The Morgan fingerprint density at radius 2 is 1.14 bits per heavy atom. The highest BCUT2D eigenvalue weighted by Crippen LogP contribution is 2.23. The summed E-state index contributed by atoms with van der Waals surface area (Å²) in [6.45, 7) is 12.4. The number of amidine groups is 2. The van der Waals surface area contributed by atoms with Crippen LogP contribution in [0.3, 0.4) is 0 Å². The number of carbonyl (C=O) groups excluding carboxylic acids is 2. The molecule has 1 aliphatic heterocycles. The average Bonchev–Trinajstić information content (AvgIpc) is 3.10. The predicted octanol–water partition coefficient (Wildman–Crippen LogP) is 4.10. The van der Waals surface area contributed by atoms with Crippen LogP contribution in [0.5, 0.6) is 11.5 Å². The molecular formula is C37H57N7O6. The zero-order valence-electron chi connectivity index (χ0n) is 30.1. The Bertz CT molecular complexity index is 1270. The van der Waals surface area contributed by atoms with E-state index in [1.54, 1.807) is 24.3 Å². The first-order valence-corrected chi connectivity index (χ1v) is 17.7. The van der Waals surface area contributed by atoms with E-state index in [1.165, 1.54) is 12.8 Å². The van der Waals surface area contributed by atoms with Crippen LogP contribution >= 0.6 is 0 Å². The lowest BCUT2D eigenvalue weighted by molar-refractivity contribution is -0.146. The second-order valence-corrected chi connectivity index (χ2v) is 13.8. The third-order valence-corrected chi connectivity index (χ3v) is 8.44. The highest BCUT2D eigenvalue weighted by Gasteiger charge is 2.20. The van der Waals surface area contributed by atoms with Gasteiger partial charge in [-0.25, -0.2) is 9.59 Å². The molecule has 1 fully saturated rings. The van der Waals surface area contributed by atoms with Crippen molar-refractivity contribution in [2.24, 2.45) is 51.0 Å². The molecule has 2 atom stereocenters. The molecule has 0 amide bonds. The zero-order chi connectivity index (χ0) is 36.5. The lowest BCUT2D eigenvalue weighted by Gasteiger charge is -2.32.